The summed E-state index contributed by atoms with van der Waals surface area (Å²) in [6, 6.07) is 17.4. The van der Waals surface area contributed by atoms with Crippen molar-refractivity contribution in [1.29, 1.82) is 0 Å². The van der Waals surface area contributed by atoms with Gasteiger partial charge in [-0.15, -0.1) is 5.10 Å². The number of rotatable bonds is 5. The monoisotopic (exact) mass is 444 g/mol. The molecule has 0 saturated carbocycles. The highest BCUT2D eigenvalue weighted by atomic mass is 16.5. The molecule has 3 heterocycles. The fourth-order valence-corrected chi connectivity index (χ4v) is 4.15. The molecule has 0 atom stereocenters. The van der Waals surface area contributed by atoms with Gasteiger partial charge >= 0.3 is 11.9 Å². The summed E-state index contributed by atoms with van der Waals surface area (Å²) in [6.45, 7) is 0.522. The van der Waals surface area contributed by atoms with Crippen molar-refractivity contribution in [3.05, 3.63) is 71.4 Å². The summed E-state index contributed by atoms with van der Waals surface area (Å²) in [5, 5.41) is 9.99. The van der Waals surface area contributed by atoms with Crippen molar-refractivity contribution < 1.29 is 23.8 Å². The van der Waals surface area contributed by atoms with Crippen LogP contribution in [0, 0.1) is 0 Å². The lowest BCUT2D eigenvalue weighted by Crippen LogP contribution is -2.10. The van der Waals surface area contributed by atoms with Crippen LogP contribution in [0.15, 0.2) is 54.6 Å². The van der Waals surface area contributed by atoms with Crippen molar-refractivity contribution in [2.45, 2.75) is 6.54 Å². The maximum absolute atomic E-state index is 12.7. The minimum atomic E-state index is -0.688. The van der Waals surface area contributed by atoms with Crippen LogP contribution < -0.4 is 4.74 Å². The minimum absolute atomic E-state index is 0.0546. The summed E-state index contributed by atoms with van der Waals surface area (Å²) in [4.78, 5) is 25.1. The molecule has 5 aromatic rings. The first-order valence-electron chi connectivity index (χ1n) is 10.2. The van der Waals surface area contributed by atoms with Gasteiger partial charge in [0.1, 0.15) is 16.9 Å². The average molecular weight is 444 g/mol. The number of benzene rings is 2. The van der Waals surface area contributed by atoms with Gasteiger partial charge in [-0.3, -0.25) is 0 Å². The Labute approximate surface area is 188 Å². The Balaban J connectivity index is 1.87. The van der Waals surface area contributed by atoms with Crippen molar-refractivity contribution in [2.24, 2.45) is 0 Å². The number of methoxy groups -OCH3 is 3. The van der Waals surface area contributed by atoms with E-state index in [0.29, 0.717) is 12.2 Å². The summed E-state index contributed by atoms with van der Waals surface area (Å²) in [6.07, 6.45) is 0. The molecule has 0 unspecified atom stereocenters. The zero-order chi connectivity index (χ0) is 23.1. The van der Waals surface area contributed by atoms with Crippen LogP contribution in [0.3, 0.4) is 0 Å². The van der Waals surface area contributed by atoms with E-state index in [1.807, 2.05) is 48.5 Å². The van der Waals surface area contributed by atoms with Gasteiger partial charge in [0.25, 0.3) is 0 Å². The predicted molar refractivity (Wildman–Crippen MR) is 121 cm³/mol. The molecular weight excluding hydrogens is 424 g/mol. The van der Waals surface area contributed by atoms with Gasteiger partial charge < -0.3 is 18.8 Å². The molecule has 0 radical (unpaired) electrons. The Hall–Kier alpha value is -4.40. The zero-order valence-electron chi connectivity index (χ0n) is 18.2. The highest BCUT2D eigenvalue weighted by Gasteiger charge is 2.27. The standard InChI is InChI=1S/C24H20N4O5/c1-31-15-10-8-14(9-11-15)13-27-19-7-5-4-6-16(19)17-12-18(23(29)32-2)21-20(24(30)33-3)25-26-28(21)22(17)27/h4-12H,13H2,1-3H3. The van der Waals surface area contributed by atoms with Crippen LogP contribution >= 0.6 is 0 Å². The van der Waals surface area contributed by atoms with Crippen LogP contribution in [0.5, 0.6) is 5.75 Å². The smallest absolute Gasteiger partial charge is 0.360 e. The number of para-hydroxylation sites is 1. The highest BCUT2D eigenvalue weighted by molar-refractivity contribution is 6.13. The zero-order valence-corrected chi connectivity index (χ0v) is 18.2. The first kappa shape index (κ1) is 20.5. The molecule has 166 valence electrons. The molecule has 0 aliphatic carbocycles. The Kier molecular flexibility index (Phi) is 4.93. The van der Waals surface area contributed by atoms with Gasteiger partial charge in [-0.2, -0.15) is 4.52 Å². The number of pyridine rings is 1. The van der Waals surface area contributed by atoms with Crippen LogP contribution in [0.25, 0.3) is 27.5 Å². The Morgan fingerprint density at radius 1 is 0.909 bits per heavy atom. The van der Waals surface area contributed by atoms with Crippen LogP contribution in [-0.4, -0.2) is 52.7 Å². The number of fused-ring (bicyclic) bond motifs is 5. The third-order valence-corrected chi connectivity index (χ3v) is 5.68. The van der Waals surface area contributed by atoms with Gasteiger partial charge in [-0.25, -0.2) is 9.59 Å². The molecule has 0 N–H and O–H groups in total. The minimum Gasteiger partial charge on any atom is -0.497 e. The molecule has 0 amide bonds. The van der Waals surface area contributed by atoms with E-state index in [9.17, 15) is 9.59 Å². The van der Waals surface area contributed by atoms with Crippen LogP contribution in [-0.2, 0) is 16.0 Å². The lowest BCUT2D eigenvalue weighted by molar-refractivity contribution is 0.0596. The van der Waals surface area contributed by atoms with Crippen molar-refractivity contribution >= 4 is 39.4 Å². The van der Waals surface area contributed by atoms with Gasteiger partial charge in [0.2, 0.25) is 0 Å². The first-order valence-corrected chi connectivity index (χ1v) is 10.2. The maximum atomic E-state index is 12.7. The molecule has 33 heavy (non-hydrogen) atoms. The summed E-state index contributed by atoms with van der Waals surface area (Å²) in [7, 11) is 4.17. The van der Waals surface area contributed by atoms with Crippen LogP contribution in [0.4, 0.5) is 0 Å². The summed E-state index contributed by atoms with van der Waals surface area (Å²) < 4.78 is 18.7. The number of nitrogens with zero attached hydrogens (tertiary/aromatic N) is 4. The summed E-state index contributed by atoms with van der Waals surface area (Å²) >= 11 is 0. The Morgan fingerprint density at radius 2 is 1.64 bits per heavy atom. The van der Waals surface area contributed by atoms with E-state index in [4.69, 9.17) is 14.2 Å². The number of carbonyl (C=O) groups excluding carboxylic acids is 2. The molecule has 0 bridgehead atoms. The fourth-order valence-electron chi connectivity index (χ4n) is 4.15. The number of ether oxygens (including phenoxy) is 3. The lowest BCUT2D eigenvalue weighted by Gasteiger charge is -2.10. The van der Waals surface area contributed by atoms with E-state index >= 15 is 0 Å². The highest BCUT2D eigenvalue weighted by Crippen LogP contribution is 2.33. The number of esters is 2. The van der Waals surface area contributed by atoms with Crippen molar-refractivity contribution in [1.82, 2.24) is 19.4 Å². The number of hydrogen-bond donors (Lipinski definition) is 0. The summed E-state index contributed by atoms with van der Waals surface area (Å²) in [5.41, 5.74) is 3.04. The molecule has 0 spiro atoms. The molecule has 5 rings (SSSR count). The summed E-state index contributed by atoms with van der Waals surface area (Å²) in [5.74, 6) is -0.515. The molecular formula is C24H20N4O5. The van der Waals surface area contributed by atoms with E-state index in [-0.39, 0.29) is 16.8 Å². The van der Waals surface area contributed by atoms with E-state index in [0.717, 1.165) is 27.6 Å². The quantitative estimate of drug-likeness (QED) is 0.383. The molecule has 3 aromatic heterocycles. The third kappa shape index (κ3) is 3.16. The van der Waals surface area contributed by atoms with Crippen molar-refractivity contribution in [3.8, 4) is 5.75 Å². The van der Waals surface area contributed by atoms with Gasteiger partial charge in [0, 0.05) is 17.3 Å². The van der Waals surface area contributed by atoms with Crippen molar-refractivity contribution in [3.63, 3.8) is 0 Å². The number of aromatic nitrogens is 4. The van der Waals surface area contributed by atoms with E-state index in [1.165, 1.54) is 18.7 Å². The second kappa shape index (κ2) is 7.94. The van der Waals surface area contributed by atoms with Gasteiger partial charge in [0.05, 0.1) is 32.4 Å². The molecule has 0 aliphatic heterocycles. The number of hydrogen-bond acceptors (Lipinski definition) is 7. The van der Waals surface area contributed by atoms with E-state index in [2.05, 4.69) is 14.9 Å². The predicted octanol–water partition coefficient (Wildman–Crippen LogP) is 3.47. The van der Waals surface area contributed by atoms with Gasteiger partial charge in [-0.1, -0.05) is 35.5 Å². The molecule has 0 aliphatic rings. The van der Waals surface area contributed by atoms with E-state index < -0.39 is 11.9 Å². The second-order valence-electron chi connectivity index (χ2n) is 7.43. The fraction of sp³-hybridized carbons (Fsp3) is 0.167. The first-order chi connectivity index (χ1) is 16.1. The molecule has 0 fully saturated rings. The van der Waals surface area contributed by atoms with E-state index in [1.54, 1.807) is 13.2 Å². The molecule has 9 nitrogen and oxygen atoms in total. The SMILES string of the molecule is COC(=O)c1cc2c3ccccc3n(Cc3ccc(OC)cc3)c2n2nnc(C(=O)OC)c12. The largest absolute Gasteiger partial charge is 0.497 e. The molecule has 0 saturated heterocycles. The third-order valence-electron chi connectivity index (χ3n) is 5.68. The topological polar surface area (TPSA) is 97.0 Å². The van der Waals surface area contributed by atoms with Crippen LogP contribution in [0.2, 0.25) is 0 Å². The lowest BCUT2D eigenvalue weighted by atomic mass is 10.1. The maximum Gasteiger partial charge on any atom is 0.360 e. The number of carbonyl (C=O) groups is 2. The molecule has 9 heteroatoms. The molecule has 2 aromatic carbocycles. The van der Waals surface area contributed by atoms with Crippen molar-refractivity contribution in [2.75, 3.05) is 21.3 Å². The normalized spacial score (nSPS) is 11.2. The van der Waals surface area contributed by atoms with Gasteiger partial charge in [-0.05, 0) is 29.8 Å². The van der Waals surface area contributed by atoms with Crippen LogP contribution in [0.1, 0.15) is 26.4 Å². The Bertz CT molecular complexity index is 1530. The average Bonchev–Trinajstić information content (AvgIpc) is 3.43. The Morgan fingerprint density at radius 3 is 2.33 bits per heavy atom. The second-order valence-corrected chi connectivity index (χ2v) is 7.43. The van der Waals surface area contributed by atoms with Gasteiger partial charge in [0.15, 0.2) is 5.69 Å².